The fraction of sp³-hybridized carbons (Fsp3) is 0.714. The predicted molar refractivity (Wildman–Crippen MR) is 68.1 cm³/mol. The highest BCUT2D eigenvalue weighted by molar-refractivity contribution is 5.07. The van der Waals surface area contributed by atoms with Gasteiger partial charge < -0.3 is 14.5 Å². The van der Waals surface area contributed by atoms with Crippen molar-refractivity contribution >= 4 is 0 Å². The molecular formula is C14H23NO2. The Bertz CT molecular complexity index is 311. The van der Waals surface area contributed by atoms with E-state index in [1.54, 1.807) is 6.26 Å². The third-order valence-electron chi connectivity index (χ3n) is 3.87. The average Bonchev–Trinajstić information content (AvgIpc) is 2.77. The topological polar surface area (TPSA) is 34.4 Å². The van der Waals surface area contributed by atoms with E-state index < -0.39 is 0 Å². The van der Waals surface area contributed by atoms with Crippen molar-refractivity contribution in [2.24, 2.45) is 0 Å². The molecule has 0 bridgehead atoms. The van der Waals surface area contributed by atoms with Gasteiger partial charge in [0.15, 0.2) is 0 Å². The minimum Gasteiger partial charge on any atom is -0.469 e. The van der Waals surface area contributed by atoms with E-state index in [-0.39, 0.29) is 5.60 Å². The van der Waals surface area contributed by atoms with Gasteiger partial charge in [0, 0.05) is 19.6 Å². The first-order valence-corrected chi connectivity index (χ1v) is 6.61. The molecule has 0 amide bonds. The number of furan rings is 1. The Morgan fingerprint density at radius 1 is 1.53 bits per heavy atom. The Labute approximate surface area is 104 Å². The van der Waals surface area contributed by atoms with Crippen LogP contribution in [-0.2, 0) is 11.2 Å². The lowest BCUT2D eigenvalue weighted by Gasteiger charge is -2.46. The summed E-state index contributed by atoms with van der Waals surface area (Å²) in [5, 5.41) is 3.62. The Morgan fingerprint density at radius 2 is 2.35 bits per heavy atom. The van der Waals surface area contributed by atoms with Crippen LogP contribution in [0, 0.1) is 0 Å². The Balaban J connectivity index is 2.02. The highest BCUT2D eigenvalue weighted by atomic mass is 16.5. The lowest BCUT2D eigenvalue weighted by atomic mass is 9.73. The largest absolute Gasteiger partial charge is 0.469 e. The highest BCUT2D eigenvalue weighted by Gasteiger charge is 2.44. The molecule has 96 valence electrons. The normalized spacial score (nSPS) is 19.9. The molecule has 3 nitrogen and oxygen atoms in total. The molecule has 17 heavy (non-hydrogen) atoms. The third-order valence-corrected chi connectivity index (χ3v) is 3.87. The summed E-state index contributed by atoms with van der Waals surface area (Å²) in [7, 11) is 1.84. The van der Waals surface area contributed by atoms with Crippen LogP contribution in [0.1, 0.15) is 38.4 Å². The minimum atomic E-state index is 0.0297. The maximum Gasteiger partial charge on any atom is 0.105 e. The zero-order valence-corrected chi connectivity index (χ0v) is 10.9. The molecule has 1 atom stereocenters. The predicted octanol–water partition coefficient (Wildman–Crippen LogP) is 2.76. The van der Waals surface area contributed by atoms with Gasteiger partial charge in [0.2, 0.25) is 0 Å². The van der Waals surface area contributed by atoms with Gasteiger partial charge in [0.05, 0.1) is 11.9 Å². The Hall–Kier alpha value is -0.800. The molecule has 1 heterocycles. The number of rotatable bonds is 7. The van der Waals surface area contributed by atoms with Gasteiger partial charge in [-0.25, -0.2) is 0 Å². The first-order valence-electron chi connectivity index (χ1n) is 6.61. The molecule has 1 N–H and O–H groups in total. The van der Waals surface area contributed by atoms with E-state index in [1.165, 1.54) is 6.42 Å². The molecule has 0 aromatic carbocycles. The van der Waals surface area contributed by atoms with Crippen LogP contribution in [-0.4, -0.2) is 25.3 Å². The van der Waals surface area contributed by atoms with Crippen molar-refractivity contribution < 1.29 is 9.15 Å². The van der Waals surface area contributed by atoms with Crippen molar-refractivity contribution in [1.29, 1.82) is 0 Å². The van der Waals surface area contributed by atoms with Crippen LogP contribution in [0.2, 0.25) is 0 Å². The smallest absolute Gasteiger partial charge is 0.105 e. The van der Waals surface area contributed by atoms with E-state index in [0.717, 1.165) is 38.0 Å². The molecule has 1 aliphatic carbocycles. The zero-order chi connectivity index (χ0) is 12.1. The van der Waals surface area contributed by atoms with Gasteiger partial charge in [0.1, 0.15) is 5.76 Å². The second-order valence-electron chi connectivity index (χ2n) is 4.91. The molecule has 2 rings (SSSR count). The second-order valence-corrected chi connectivity index (χ2v) is 4.91. The first kappa shape index (κ1) is 12.7. The molecule has 1 fully saturated rings. The van der Waals surface area contributed by atoms with Crippen molar-refractivity contribution in [3.05, 3.63) is 24.2 Å². The molecule has 1 saturated carbocycles. The quantitative estimate of drug-likeness (QED) is 0.792. The van der Waals surface area contributed by atoms with Crippen LogP contribution in [0.15, 0.2) is 22.8 Å². The maximum atomic E-state index is 5.78. The maximum absolute atomic E-state index is 5.78. The SMILES string of the molecule is CCCNC(Cc1ccco1)C1(OC)CCC1. The molecule has 0 radical (unpaired) electrons. The minimum absolute atomic E-state index is 0.0297. The fourth-order valence-corrected chi connectivity index (χ4v) is 2.61. The summed E-state index contributed by atoms with van der Waals surface area (Å²) >= 11 is 0. The summed E-state index contributed by atoms with van der Waals surface area (Å²) in [6.07, 6.45) is 7.40. The van der Waals surface area contributed by atoms with Gasteiger partial charge in [0.25, 0.3) is 0 Å². The fourth-order valence-electron chi connectivity index (χ4n) is 2.61. The molecular weight excluding hydrogens is 214 g/mol. The molecule has 1 aliphatic rings. The van der Waals surface area contributed by atoms with Gasteiger partial charge >= 0.3 is 0 Å². The van der Waals surface area contributed by atoms with Crippen LogP contribution in [0.3, 0.4) is 0 Å². The number of nitrogens with one attached hydrogen (secondary N) is 1. The molecule has 1 aromatic heterocycles. The van der Waals surface area contributed by atoms with Gasteiger partial charge in [-0.1, -0.05) is 6.92 Å². The summed E-state index contributed by atoms with van der Waals surface area (Å²) in [5.41, 5.74) is 0.0297. The van der Waals surface area contributed by atoms with Crippen molar-refractivity contribution in [3.8, 4) is 0 Å². The average molecular weight is 237 g/mol. The van der Waals surface area contributed by atoms with Crippen molar-refractivity contribution in [2.45, 2.75) is 50.7 Å². The Morgan fingerprint density at radius 3 is 2.82 bits per heavy atom. The standard InChI is InChI=1S/C14H23NO2/c1-3-9-15-13(11-12-6-4-10-17-12)14(16-2)7-5-8-14/h4,6,10,13,15H,3,5,7-9,11H2,1-2H3. The molecule has 0 saturated heterocycles. The summed E-state index contributed by atoms with van der Waals surface area (Å²) in [4.78, 5) is 0. The lowest BCUT2D eigenvalue weighted by Crippen LogP contribution is -2.57. The molecule has 0 spiro atoms. The van der Waals surface area contributed by atoms with Crippen LogP contribution >= 0.6 is 0 Å². The van der Waals surface area contributed by atoms with E-state index in [2.05, 4.69) is 12.2 Å². The summed E-state index contributed by atoms with van der Waals surface area (Å²) in [6, 6.07) is 4.36. The molecule has 3 heteroatoms. The lowest BCUT2D eigenvalue weighted by molar-refractivity contribution is -0.0988. The van der Waals surface area contributed by atoms with E-state index in [4.69, 9.17) is 9.15 Å². The van der Waals surface area contributed by atoms with E-state index in [1.807, 2.05) is 19.2 Å². The van der Waals surface area contributed by atoms with E-state index in [9.17, 15) is 0 Å². The molecule has 0 aliphatic heterocycles. The summed E-state index contributed by atoms with van der Waals surface area (Å²) in [6.45, 7) is 3.23. The van der Waals surface area contributed by atoms with Crippen LogP contribution in [0.5, 0.6) is 0 Å². The second kappa shape index (κ2) is 5.69. The van der Waals surface area contributed by atoms with Crippen molar-refractivity contribution in [3.63, 3.8) is 0 Å². The van der Waals surface area contributed by atoms with Gasteiger partial charge in [-0.05, 0) is 44.4 Å². The number of methoxy groups -OCH3 is 1. The van der Waals surface area contributed by atoms with E-state index >= 15 is 0 Å². The number of hydrogen-bond acceptors (Lipinski definition) is 3. The zero-order valence-electron chi connectivity index (χ0n) is 10.9. The third kappa shape index (κ3) is 2.72. The molecule has 1 unspecified atom stereocenters. The van der Waals surface area contributed by atoms with E-state index in [0.29, 0.717) is 6.04 Å². The molecule has 1 aromatic rings. The summed E-state index contributed by atoms with van der Waals surface area (Å²) < 4.78 is 11.2. The van der Waals surface area contributed by atoms with Crippen LogP contribution in [0.4, 0.5) is 0 Å². The van der Waals surface area contributed by atoms with Gasteiger partial charge in [-0.2, -0.15) is 0 Å². The highest BCUT2D eigenvalue weighted by Crippen LogP contribution is 2.39. The summed E-state index contributed by atoms with van der Waals surface area (Å²) in [5.74, 6) is 1.04. The van der Waals surface area contributed by atoms with Crippen LogP contribution < -0.4 is 5.32 Å². The van der Waals surface area contributed by atoms with Crippen LogP contribution in [0.25, 0.3) is 0 Å². The van der Waals surface area contributed by atoms with Crippen molar-refractivity contribution in [2.75, 3.05) is 13.7 Å². The van der Waals surface area contributed by atoms with Gasteiger partial charge in [-0.15, -0.1) is 0 Å². The van der Waals surface area contributed by atoms with Crippen molar-refractivity contribution in [1.82, 2.24) is 5.32 Å². The number of ether oxygens (including phenoxy) is 1. The Kier molecular flexibility index (Phi) is 4.24. The monoisotopic (exact) mass is 237 g/mol. The number of hydrogen-bond donors (Lipinski definition) is 1. The van der Waals surface area contributed by atoms with Gasteiger partial charge in [-0.3, -0.25) is 0 Å². The first-order chi connectivity index (χ1) is 8.30.